The molecule has 0 unspecified atom stereocenters. The van der Waals surface area contributed by atoms with Crippen LogP contribution < -0.4 is 9.47 Å². The summed E-state index contributed by atoms with van der Waals surface area (Å²) in [7, 11) is -1.82. The molecule has 2 aromatic rings. The Morgan fingerprint density at radius 3 is 2.08 bits per heavy atom. The molecule has 0 aromatic heterocycles. The van der Waals surface area contributed by atoms with E-state index in [0.29, 0.717) is 30.1 Å². The third-order valence-corrected chi connectivity index (χ3v) is 7.04. The van der Waals surface area contributed by atoms with Crippen molar-refractivity contribution in [2.24, 2.45) is 0 Å². The van der Waals surface area contributed by atoms with Crippen molar-refractivity contribution in [3.05, 3.63) is 54.6 Å². The van der Waals surface area contributed by atoms with Crippen LogP contribution in [0.3, 0.4) is 0 Å². The normalized spacial score (nSPS) is 13.9. The van der Waals surface area contributed by atoms with Crippen molar-refractivity contribution < 1.29 is 17.9 Å². The Balaban J connectivity index is 2.11. The maximum Gasteiger partial charge on any atom is 0.183 e. The number of rotatable bonds is 9. The molecule has 0 aliphatic heterocycles. The number of methoxy groups -OCH3 is 1. The summed E-state index contributed by atoms with van der Waals surface area (Å²) in [6.45, 7) is 4.16. The fraction of sp³-hybridized carbons (Fsp3) is 0.400. The Hall–Kier alpha value is -2.01. The molecule has 0 bridgehead atoms. The Morgan fingerprint density at radius 1 is 0.920 bits per heavy atom. The maximum atomic E-state index is 13.1. The van der Waals surface area contributed by atoms with Gasteiger partial charge in [0, 0.05) is 6.42 Å². The number of sulfone groups is 1. The number of hydrogen-bond acceptors (Lipinski definition) is 4. The lowest BCUT2D eigenvalue weighted by Crippen LogP contribution is -2.37. The van der Waals surface area contributed by atoms with Gasteiger partial charge < -0.3 is 9.47 Å². The van der Waals surface area contributed by atoms with Crippen LogP contribution >= 0.6 is 0 Å². The molecule has 1 atom stereocenters. The summed E-state index contributed by atoms with van der Waals surface area (Å²) in [5.41, 5.74) is 0. The predicted octanol–water partition coefficient (Wildman–Crippen LogP) is 4.50. The number of hydrogen-bond donors (Lipinski definition) is 0. The van der Waals surface area contributed by atoms with Crippen molar-refractivity contribution in [2.45, 2.75) is 42.8 Å². The predicted molar refractivity (Wildman–Crippen MR) is 100 cm³/mol. The lowest BCUT2D eigenvalue weighted by atomic mass is 10.0. The first-order valence-corrected chi connectivity index (χ1v) is 9.98. The summed E-state index contributed by atoms with van der Waals surface area (Å²) < 4.78 is 36.2. The largest absolute Gasteiger partial charge is 0.497 e. The van der Waals surface area contributed by atoms with Crippen LogP contribution in [0.25, 0.3) is 0 Å². The summed E-state index contributed by atoms with van der Waals surface area (Å²) >= 11 is 0. The van der Waals surface area contributed by atoms with Crippen LogP contribution in [0.5, 0.6) is 11.5 Å². The van der Waals surface area contributed by atoms with Crippen molar-refractivity contribution >= 4 is 9.84 Å². The zero-order chi connectivity index (χ0) is 18.3. The highest BCUT2D eigenvalue weighted by Crippen LogP contribution is 2.33. The van der Waals surface area contributed by atoms with E-state index in [2.05, 4.69) is 0 Å². The molecule has 0 heterocycles. The van der Waals surface area contributed by atoms with Crippen molar-refractivity contribution in [3.63, 3.8) is 0 Å². The molecule has 5 heteroatoms. The van der Waals surface area contributed by atoms with Gasteiger partial charge in [-0.2, -0.15) is 0 Å². The summed E-state index contributed by atoms with van der Waals surface area (Å²) in [5.74, 6) is 1.46. The average molecular weight is 362 g/mol. The van der Waals surface area contributed by atoms with E-state index in [9.17, 15) is 8.42 Å². The third kappa shape index (κ3) is 4.54. The molecule has 0 amide bonds. The minimum absolute atomic E-state index is 0.342. The highest BCUT2D eigenvalue weighted by Gasteiger charge is 2.39. The minimum atomic E-state index is -3.43. The molecule has 0 spiro atoms. The van der Waals surface area contributed by atoms with Crippen LogP contribution in [0, 0.1) is 0 Å². The minimum Gasteiger partial charge on any atom is -0.497 e. The molecule has 4 nitrogen and oxygen atoms in total. The molecule has 0 radical (unpaired) electrons. The molecule has 0 saturated carbocycles. The fourth-order valence-corrected chi connectivity index (χ4v) is 4.77. The zero-order valence-corrected chi connectivity index (χ0v) is 15.9. The van der Waals surface area contributed by atoms with Crippen molar-refractivity contribution in [1.82, 2.24) is 0 Å². The van der Waals surface area contributed by atoms with Gasteiger partial charge in [-0.3, -0.25) is 0 Å². The maximum absolute atomic E-state index is 13.1. The fourth-order valence-electron chi connectivity index (χ4n) is 2.86. The van der Waals surface area contributed by atoms with Gasteiger partial charge in [0.2, 0.25) is 0 Å². The number of benzene rings is 2. The van der Waals surface area contributed by atoms with Gasteiger partial charge in [-0.15, -0.1) is 0 Å². The molecule has 0 fully saturated rings. The molecule has 0 aliphatic rings. The first-order valence-electron chi connectivity index (χ1n) is 8.49. The highest BCUT2D eigenvalue weighted by atomic mass is 32.2. The van der Waals surface area contributed by atoms with E-state index in [4.69, 9.17) is 9.47 Å². The molecule has 2 aromatic carbocycles. The van der Waals surface area contributed by atoms with Gasteiger partial charge in [0.1, 0.15) is 11.5 Å². The summed E-state index contributed by atoms with van der Waals surface area (Å²) in [5, 5.41) is 0. The molecule has 2 rings (SSSR count). The first kappa shape index (κ1) is 19.3. The van der Waals surface area contributed by atoms with E-state index in [1.54, 1.807) is 31.4 Å². The second-order valence-corrected chi connectivity index (χ2v) is 8.75. The van der Waals surface area contributed by atoms with E-state index in [0.717, 1.165) is 12.2 Å². The second-order valence-electron chi connectivity index (χ2n) is 6.29. The Kier molecular flexibility index (Phi) is 6.48. The van der Waals surface area contributed by atoms with Gasteiger partial charge in [0.05, 0.1) is 23.4 Å². The smallest absolute Gasteiger partial charge is 0.183 e. The molecule has 25 heavy (non-hydrogen) atoms. The van der Waals surface area contributed by atoms with E-state index < -0.39 is 14.6 Å². The van der Waals surface area contributed by atoms with E-state index in [1.165, 1.54) is 0 Å². The SMILES string of the molecule is CCC[C@](C)(CCOc1ccc(OC)cc1)S(=O)(=O)c1ccccc1. The van der Waals surface area contributed by atoms with Crippen molar-refractivity contribution in [1.29, 1.82) is 0 Å². The molecular weight excluding hydrogens is 336 g/mol. The van der Waals surface area contributed by atoms with Gasteiger partial charge in [0.15, 0.2) is 9.84 Å². The lowest BCUT2D eigenvalue weighted by molar-refractivity contribution is 0.284. The molecule has 0 aliphatic carbocycles. The third-order valence-electron chi connectivity index (χ3n) is 4.44. The highest BCUT2D eigenvalue weighted by molar-refractivity contribution is 7.92. The van der Waals surface area contributed by atoms with Gasteiger partial charge in [0.25, 0.3) is 0 Å². The van der Waals surface area contributed by atoms with Gasteiger partial charge in [-0.25, -0.2) is 8.42 Å². The summed E-state index contributed by atoms with van der Waals surface area (Å²) in [4.78, 5) is 0.371. The summed E-state index contributed by atoms with van der Waals surface area (Å²) in [6.07, 6.45) is 1.82. The standard InChI is InChI=1S/C20H26O4S/c1-4-14-20(2,25(21,22)19-8-6-5-7-9-19)15-16-24-18-12-10-17(23-3)11-13-18/h5-13H,4,14-16H2,1-3H3/t20-/m1/s1. The van der Waals surface area contributed by atoms with Gasteiger partial charge in [-0.05, 0) is 49.7 Å². The number of ether oxygens (including phenoxy) is 2. The van der Waals surface area contributed by atoms with E-state index >= 15 is 0 Å². The monoisotopic (exact) mass is 362 g/mol. The molecule has 0 saturated heterocycles. The lowest BCUT2D eigenvalue weighted by Gasteiger charge is -2.29. The average Bonchev–Trinajstić information content (AvgIpc) is 2.63. The van der Waals surface area contributed by atoms with Crippen LogP contribution in [0.2, 0.25) is 0 Å². The topological polar surface area (TPSA) is 52.6 Å². The van der Waals surface area contributed by atoms with Crippen LogP contribution in [-0.2, 0) is 9.84 Å². The molecule has 0 N–H and O–H groups in total. The van der Waals surface area contributed by atoms with Gasteiger partial charge >= 0.3 is 0 Å². The van der Waals surface area contributed by atoms with Crippen LogP contribution in [0.15, 0.2) is 59.5 Å². The van der Waals surface area contributed by atoms with Crippen LogP contribution in [0.1, 0.15) is 33.1 Å². The molecular formula is C20H26O4S. The quantitative estimate of drug-likeness (QED) is 0.659. The van der Waals surface area contributed by atoms with Crippen molar-refractivity contribution in [3.8, 4) is 11.5 Å². The Bertz CT molecular complexity index is 754. The first-order chi connectivity index (χ1) is 11.9. The Morgan fingerprint density at radius 2 is 1.52 bits per heavy atom. The van der Waals surface area contributed by atoms with E-state index in [-0.39, 0.29) is 0 Å². The zero-order valence-electron chi connectivity index (χ0n) is 15.1. The van der Waals surface area contributed by atoms with Crippen molar-refractivity contribution in [2.75, 3.05) is 13.7 Å². The van der Waals surface area contributed by atoms with Crippen LogP contribution in [0.4, 0.5) is 0 Å². The van der Waals surface area contributed by atoms with Gasteiger partial charge in [-0.1, -0.05) is 31.5 Å². The second kappa shape index (κ2) is 8.39. The van der Waals surface area contributed by atoms with Crippen LogP contribution in [-0.4, -0.2) is 26.9 Å². The Labute approximate surface area is 150 Å². The summed E-state index contributed by atoms with van der Waals surface area (Å²) in [6, 6.07) is 15.9. The van der Waals surface area contributed by atoms with E-state index in [1.807, 2.05) is 44.2 Å². The molecule has 136 valence electrons.